The third-order valence-corrected chi connectivity index (χ3v) is 3.22. The molecule has 15 heavy (non-hydrogen) atoms. The van der Waals surface area contributed by atoms with Gasteiger partial charge in [0.15, 0.2) is 0 Å². The summed E-state index contributed by atoms with van der Waals surface area (Å²) in [6.45, 7) is 0. The van der Waals surface area contributed by atoms with E-state index in [9.17, 15) is 5.11 Å². The van der Waals surface area contributed by atoms with Crippen molar-refractivity contribution >= 4 is 10.9 Å². The average Bonchev–Trinajstić information content (AvgIpc) is 2.24. The van der Waals surface area contributed by atoms with Gasteiger partial charge in [-0.2, -0.15) is 0 Å². The zero-order chi connectivity index (χ0) is 10.3. The maximum Gasteiger partial charge on any atom is 0.0736 e. The van der Waals surface area contributed by atoms with E-state index in [0.717, 1.165) is 18.4 Å². The van der Waals surface area contributed by atoms with Crippen molar-refractivity contribution in [3.8, 4) is 0 Å². The Morgan fingerprint density at radius 1 is 1.13 bits per heavy atom. The van der Waals surface area contributed by atoms with Crippen molar-refractivity contribution < 1.29 is 5.11 Å². The molecule has 0 saturated heterocycles. The Morgan fingerprint density at radius 3 is 2.73 bits per heavy atom. The molecule has 76 valence electrons. The van der Waals surface area contributed by atoms with Crippen LogP contribution in [0.3, 0.4) is 0 Å². The van der Waals surface area contributed by atoms with Gasteiger partial charge >= 0.3 is 0 Å². The molecule has 0 spiro atoms. The van der Waals surface area contributed by atoms with Crippen LogP contribution >= 0.6 is 0 Å². The number of rotatable bonds is 1. The molecule has 0 unspecified atom stereocenters. The number of hydrogen-bond donors (Lipinski definition) is 1. The number of para-hydroxylation sites is 1. The van der Waals surface area contributed by atoms with Gasteiger partial charge in [-0.05, 0) is 30.4 Å². The Hall–Kier alpha value is -1.41. The summed E-state index contributed by atoms with van der Waals surface area (Å²) in [5, 5.41) is 10.5. The Morgan fingerprint density at radius 2 is 1.93 bits per heavy atom. The molecule has 2 heteroatoms. The van der Waals surface area contributed by atoms with Crippen LogP contribution in [0.5, 0.6) is 0 Å². The van der Waals surface area contributed by atoms with Gasteiger partial charge in [0.1, 0.15) is 0 Å². The molecule has 0 amide bonds. The van der Waals surface area contributed by atoms with Crippen LogP contribution in [0.2, 0.25) is 0 Å². The van der Waals surface area contributed by atoms with E-state index in [4.69, 9.17) is 0 Å². The standard InChI is InChI=1S/C13H13NO/c15-11-7-10(8-11)12-5-1-3-9-4-2-6-14-13(9)12/h1-6,10-11,15H,7-8H2. The first-order valence-corrected chi connectivity index (χ1v) is 5.36. The molecule has 1 aliphatic carbocycles. The first kappa shape index (κ1) is 8.86. The van der Waals surface area contributed by atoms with Gasteiger partial charge in [0.05, 0.1) is 11.6 Å². The fourth-order valence-electron chi connectivity index (χ4n) is 2.30. The monoisotopic (exact) mass is 199 g/mol. The minimum Gasteiger partial charge on any atom is -0.393 e. The topological polar surface area (TPSA) is 33.1 Å². The smallest absolute Gasteiger partial charge is 0.0736 e. The van der Waals surface area contributed by atoms with E-state index in [1.54, 1.807) is 0 Å². The number of hydrogen-bond acceptors (Lipinski definition) is 2. The summed E-state index contributed by atoms with van der Waals surface area (Å²) in [5.74, 6) is 0.499. The van der Waals surface area contributed by atoms with Crippen LogP contribution in [0.1, 0.15) is 24.3 Å². The Kier molecular flexibility index (Phi) is 1.96. The summed E-state index contributed by atoms with van der Waals surface area (Å²) in [5.41, 5.74) is 2.38. The molecule has 2 nitrogen and oxygen atoms in total. The molecule has 1 fully saturated rings. The number of benzene rings is 1. The van der Waals surface area contributed by atoms with E-state index in [2.05, 4.69) is 29.2 Å². The maximum atomic E-state index is 9.33. The molecule has 1 aliphatic rings. The van der Waals surface area contributed by atoms with Gasteiger partial charge in [-0.15, -0.1) is 0 Å². The van der Waals surface area contributed by atoms with Gasteiger partial charge in [0.2, 0.25) is 0 Å². The fraction of sp³-hybridized carbons (Fsp3) is 0.308. The fourth-order valence-corrected chi connectivity index (χ4v) is 2.30. The molecule has 1 saturated carbocycles. The van der Waals surface area contributed by atoms with Crippen LogP contribution in [0.25, 0.3) is 10.9 Å². The maximum absolute atomic E-state index is 9.33. The van der Waals surface area contributed by atoms with Crippen molar-refractivity contribution in [2.75, 3.05) is 0 Å². The highest BCUT2D eigenvalue weighted by molar-refractivity contribution is 5.82. The number of pyridine rings is 1. The minimum absolute atomic E-state index is 0.103. The zero-order valence-electron chi connectivity index (χ0n) is 8.43. The van der Waals surface area contributed by atoms with Crippen molar-refractivity contribution in [2.24, 2.45) is 0 Å². The molecule has 0 atom stereocenters. The number of aliphatic hydroxyl groups excluding tert-OH is 1. The second-order valence-electron chi connectivity index (χ2n) is 4.24. The lowest BCUT2D eigenvalue weighted by molar-refractivity contribution is 0.0751. The van der Waals surface area contributed by atoms with Gasteiger partial charge in [0.25, 0.3) is 0 Å². The molecule has 0 bridgehead atoms. The summed E-state index contributed by atoms with van der Waals surface area (Å²) in [7, 11) is 0. The van der Waals surface area contributed by atoms with E-state index < -0.39 is 0 Å². The molecule has 0 aliphatic heterocycles. The number of aliphatic hydroxyl groups is 1. The summed E-state index contributed by atoms with van der Waals surface area (Å²) in [6.07, 6.45) is 3.50. The van der Waals surface area contributed by atoms with Crippen LogP contribution in [0.4, 0.5) is 0 Å². The lowest BCUT2D eigenvalue weighted by Gasteiger charge is -2.32. The lowest BCUT2D eigenvalue weighted by atomic mass is 9.77. The van der Waals surface area contributed by atoms with Crippen LogP contribution in [-0.4, -0.2) is 16.2 Å². The molecular formula is C13H13NO. The van der Waals surface area contributed by atoms with E-state index in [1.165, 1.54) is 10.9 Å². The van der Waals surface area contributed by atoms with Crippen molar-refractivity contribution in [1.82, 2.24) is 4.98 Å². The molecule has 1 N–H and O–H groups in total. The molecule has 1 aromatic carbocycles. The molecule has 1 heterocycles. The first-order valence-electron chi connectivity index (χ1n) is 5.36. The Balaban J connectivity index is 2.10. The summed E-state index contributed by atoms with van der Waals surface area (Å²) in [4.78, 5) is 4.43. The SMILES string of the molecule is OC1CC(c2cccc3cccnc23)C1. The van der Waals surface area contributed by atoms with Gasteiger partial charge < -0.3 is 5.11 Å². The summed E-state index contributed by atoms with van der Waals surface area (Å²) >= 11 is 0. The minimum atomic E-state index is -0.103. The third-order valence-electron chi connectivity index (χ3n) is 3.22. The summed E-state index contributed by atoms with van der Waals surface area (Å²) in [6, 6.07) is 10.3. The first-order chi connectivity index (χ1) is 7.34. The summed E-state index contributed by atoms with van der Waals surface area (Å²) < 4.78 is 0. The second kappa shape index (κ2) is 3.31. The highest BCUT2D eigenvalue weighted by atomic mass is 16.3. The normalized spacial score (nSPS) is 25.1. The third kappa shape index (κ3) is 1.41. The largest absolute Gasteiger partial charge is 0.393 e. The van der Waals surface area contributed by atoms with Crippen LogP contribution in [0.15, 0.2) is 36.5 Å². The molecule has 3 rings (SSSR count). The zero-order valence-corrected chi connectivity index (χ0v) is 8.43. The van der Waals surface area contributed by atoms with Crippen molar-refractivity contribution in [3.63, 3.8) is 0 Å². The predicted molar refractivity (Wildman–Crippen MR) is 59.7 cm³/mol. The van der Waals surface area contributed by atoms with Gasteiger partial charge in [-0.1, -0.05) is 24.3 Å². The molecule has 0 radical (unpaired) electrons. The van der Waals surface area contributed by atoms with Crippen LogP contribution < -0.4 is 0 Å². The lowest BCUT2D eigenvalue weighted by Crippen LogP contribution is -2.26. The predicted octanol–water partition coefficient (Wildman–Crippen LogP) is 2.47. The van der Waals surface area contributed by atoms with Gasteiger partial charge in [-0.25, -0.2) is 0 Å². The van der Waals surface area contributed by atoms with E-state index >= 15 is 0 Å². The highest BCUT2D eigenvalue weighted by Crippen LogP contribution is 2.39. The van der Waals surface area contributed by atoms with Crippen molar-refractivity contribution in [2.45, 2.75) is 24.9 Å². The Bertz CT molecular complexity index is 483. The quantitative estimate of drug-likeness (QED) is 0.765. The molecule has 1 aromatic heterocycles. The van der Waals surface area contributed by atoms with Crippen molar-refractivity contribution in [1.29, 1.82) is 0 Å². The molecule has 2 aromatic rings. The highest BCUT2D eigenvalue weighted by Gasteiger charge is 2.29. The number of fused-ring (bicyclic) bond motifs is 1. The van der Waals surface area contributed by atoms with Crippen molar-refractivity contribution in [3.05, 3.63) is 42.1 Å². The molecular weight excluding hydrogens is 186 g/mol. The average molecular weight is 199 g/mol. The van der Waals surface area contributed by atoms with E-state index in [0.29, 0.717) is 5.92 Å². The van der Waals surface area contributed by atoms with Crippen LogP contribution in [-0.2, 0) is 0 Å². The van der Waals surface area contributed by atoms with Gasteiger partial charge in [-0.3, -0.25) is 4.98 Å². The Labute approximate surface area is 88.6 Å². The van der Waals surface area contributed by atoms with Crippen LogP contribution in [0, 0.1) is 0 Å². The van der Waals surface area contributed by atoms with E-state index in [-0.39, 0.29) is 6.10 Å². The number of aromatic nitrogens is 1. The van der Waals surface area contributed by atoms with Gasteiger partial charge in [0, 0.05) is 11.6 Å². The van der Waals surface area contributed by atoms with E-state index in [1.807, 2.05) is 12.3 Å². The second-order valence-corrected chi connectivity index (χ2v) is 4.24. The number of nitrogens with zero attached hydrogens (tertiary/aromatic N) is 1.